The summed E-state index contributed by atoms with van der Waals surface area (Å²) in [6, 6.07) is 6.25. The average molecular weight is 1230 g/mol. The molecule has 2 fully saturated rings. The van der Waals surface area contributed by atoms with Crippen molar-refractivity contribution in [3.63, 3.8) is 0 Å². The Balaban J connectivity index is 0.000000188. The highest BCUT2D eigenvalue weighted by molar-refractivity contribution is 7.91. The second-order valence-corrected chi connectivity index (χ2v) is 25.4. The van der Waals surface area contributed by atoms with Crippen molar-refractivity contribution in [1.82, 2.24) is 69.0 Å². The zero-order chi connectivity index (χ0) is 66.4. The summed E-state index contributed by atoms with van der Waals surface area (Å²) in [6.45, 7) is -1.47. The van der Waals surface area contributed by atoms with Crippen LogP contribution in [0.3, 0.4) is 0 Å². The molecule has 0 saturated heterocycles. The van der Waals surface area contributed by atoms with Crippen molar-refractivity contribution in [1.29, 1.82) is 0 Å². The fraction of sp³-hybridized carbons (Fsp3) is 0.414. The van der Waals surface area contributed by atoms with Crippen LogP contribution in [0.25, 0.3) is 66.4 Å². The molecule has 10 aromatic heterocycles. The molecule has 0 spiro atoms. The fourth-order valence-corrected chi connectivity index (χ4v) is 13.7. The molecule has 0 radical (unpaired) electrons. The summed E-state index contributed by atoms with van der Waals surface area (Å²) in [5.41, 5.74) is 1.28. The van der Waals surface area contributed by atoms with Crippen LogP contribution in [0, 0.1) is 37.2 Å². The van der Waals surface area contributed by atoms with Crippen molar-refractivity contribution < 1.29 is 60.9 Å². The Morgan fingerprint density at radius 2 is 0.988 bits per heavy atom. The van der Waals surface area contributed by atoms with E-state index in [0.29, 0.717) is 0 Å². The predicted octanol–water partition coefficient (Wildman–Crippen LogP) is 10.9. The van der Waals surface area contributed by atoms with Crippen molar-refractivity contribution in [3.05, 3.63) is 108 Å². The molecular weight excluding hydrogens is 1170 g/mol. The molecule has 10 aromatic rings. The van der Waals surface area contributed by atoms with Crippen LogP contribution in [0.4, 0.5) is 26.3 Å². The predicted molar refractivity (Wildman–Crippen MR) is 307 cm³/mol. The average Bonchev–Trinajstić information content (AvgIpc) is 1.56. The van der Waals surface area contributed by atoms with Gasteiger partial charge in [0, 0.05) is 96.4 Å². The first-order valence-electron chi connectivity index (χ1n) is 30.3. The van der Waals surface area contributed by atoms with Crippen molar-refractivity contribution in [2.45, 2.75) is 113 Å². The Labute approximate surface area is 498 Å². The summed E-state index contributed by atoms with van der Waals surface area (Å²) in [7, 11) is -4.95. The Morgan fingerprint density at radius 1 is 0.605 bits per heavy atom. The quantitative estimate of drug-likeness (QED) is 0.0920. The number of sulfone groups is 2. The summed E-state index contributed by atoms with van der Waals surface area (Å²) >= 11 is 0. The lowest BCUT2D eigenvalue weighted by molar-refractivity contribution is -0.0501. The number of alkyl halides is 4. The topological polar surface area (TPSA) is 235 Å². The lowest BCUT2D eigenvalue weighted by Gasteiger charge is -2.35. The van der Waals surface area contributed by atoms with E-state index in [1.165, 1.54) is 72.5 Å². The third-order valence-corrected chi connectivity index (χ3v) is 18.0. The fourth-order valence-electron chi connectivity index (χ4n) is 12.1. The molecule has 2 atom stereocenters. The number of rotatable bonds is 14. The highest BCUT2D eigenvalue weighted by Gasteiger charge is 2.44. The van der Waals surface area contributed by atoms with Crippen molar-refractivity contribution in [3.8, 4) is 34.3 Å². The number of hydrogen-bond acceptors (Lipinski definition) is 16. The maximum absolute atomic E-state index is 15.7. The number of halogens is 6. The van der Waals surface area contributed by atoms with Crippen LogP contribution >= 0.6 is 0 Å². The summed E-state index contributed by atoms with van der Waals surface area (Å²) in [4.78, 5) is 26.2. The number of pyridine rings is 6. The van der Waals surface area contributed by atoms with E-state index in [9.17, 15) is 34.4 Å². The van der Waals surface area contributed by atoms with E-state index in [1.54, 1.807) is 35.1 Å². The van der Waals surface area contributed by atoms with Gasteiger partial charge in [-0.15, -0.1) is 10.2 Å². The van der Waals surface area contributed by atoms with Crippen LogP contribution in [0.1, 0.15) is 108 Å². The molecule has 2 saturated carbocycles. The highest BCUT2D eigenvalue weighted by atomic mass is 32.2. The monoisotopic (exact) mass is 1230 g/mol. The number of nitrogens with zero attached hydrogens (tertiary/aromatic N) is 14. The summed E-state index contributed by atoms with van der Waals surface area (Å²) in [5, 5.41) is 15.9. The molecule has 12 rings (SSSR count). The van der Waals surface area contributed by atoms with Gasteiger partial charge in [-0.1, -0.05) is 10.4 Å². The first-order chi connectivity index (χ1) is 43.2. The van der Waals surface area contributed by atoms with Crippen LogP contribution in [0.5, 0.6) is 11.8 Å². The number of aryl methyl sites for hydroxylation is 4. The number of hydrogen-bond donors (Lipinski definition) is 0. The van der Waals surface area contributed by atoms with Gasteiger partial charge in [-0.3, -0.25) is 19.9 Å². The molecule has 10 heterocycles. The molecular formula is C58H60F6N14O6S2. The van der Waals surface area contributed by atoms with Crippen molar-refractivity contribution in [2.24, 2.45) is 25.9 Å². The first kappa shape index (κ1) is 52.2. The minimum atomic E-state index is -3.99. The van der Waals surface area contributed by atoms with Gasteiger partial charge in [-0.2, -0.15) is 0 Å². The van der Waals surface area contributed by atoms with Gasteiger partial charge >= 0.3 is 0 Å². The summed E-state index contributed by atoms with van der Waals surface area (Å²) in [6.07, 6.45) is 8.07. The molecule has 0 aliphatic heterocycles. The molecule has 28 heteroatoms. The van der Waals surface area contributed by atoms with Gasteiger partial charge in [0.15, 0.2) is 19.7 Å². The summed E-state index contributed by atoms with van der Waals surface area (Å²) in [5.74, 6) is -8.28. The van der Waals surface area contributed by atoms with Crippen LogP contribution in [0.2, 0.25) is 0 Å². The maximum atomic E-state index is 15.7. The molecule has 20 nitrogen and oxygen atoms in total. The zero-order valence-electron chi connectivity index (χ0n) is 53.1. The Morgan fingerprint density at radius 3 is 1.33 bits per heavy atom. The van der Waals surface area contributed by atoms with Crippen molar-refractivity contribution >= 4 is 63.5 Å². The standard InChI is InChI=1S/2C29H30F3N7O3S/c2*1-5-42-28-22-24-20(13-18(14-34-24)25-16(2)36-37-38(25)3)39(27(22)21(15-35-28)43(4,40)41)26(23-19(30)7-6-12-33-23)17-8-10-29(31,32)11-9-17/h2*6-7,12-15,17,26H,5,8-11H2,1-4H3/i2*2D3. The van der Waals surface area contributed by atoms with Crippen LogP contribution in [-0.4, -0.2) is 123 Å². The molecule has 0 N–H and O–H groups in total. The van der Waals surface area contributed by atoms with E-state index >= 15 is 8.78 Å². The third-order valence-electron chi connectivity index (χ3n) is 15.8. The molecule has 86 heavy (non-hydrogen) atoms. The normalized spacial score (nSPS) is 18.0. The minimum absolute atomic E-state index is 0.00553. The van der Waals surface area contributed by atoms with E-state index in [2.05, 4.69) is 50.5 Å². The number of fused-ring (bicyclic) bond motifs is 6. The highest BCUT2D eigenvalue weighted by Crippen LogP contribution is 2.51. The molecule has 0 amide bonds. The Kier molecular flexibility index (Phi) is 13.7. The number of ether oxygens (including phenoxy) is 2. The minimum Gasteiger partial charge on any atom is -0.477 e. The number of aromatic nitrogens is 14. The molecule has 452 valence electrons. The van der Waals surface area contributed by atoms with Crippen molar-refractivity contribution in [2.75, 3.05) is 25.7 Å². The Hall–Kier alpha value is -8.14. The lowest BCUT2D eigenvalue weighted by Crippen LogP contribution is -2.31. The molecule has 2 unspecified atom stereocenters. The molecule has 0 aromatic carbocycles. The zero-order valence-corrected chi connectivity index (χ0v) is 48.7. The van der Waals surface area contributed by atoms with E-state index in [4.69, 9.17) is 17.7 Å². The van der Waals surface area contributed by atoms with E-state index in [1.807, 2.05) is 0 Å². The Bertz CT molecular complexity index is 4440. The second-order valence-electron chi connectivity index (χ2n) is 21.5. The van der Waals surface area contributed by atoms with E-state index in [-0.39, 0.29) is 150 Å². The van der Waals surface area contributed by atoms with Crippen LogP contribution in [0.15, 0.2) is 83.4 Å². The van der Waals surface area contributed by atoms with Gasteiger partial charge in [-0.25, -0.2) is 62.5 Å². The molecule has 0 bridgehead atoms. The SMILES string of the molecule is [2H]C([2H])([2H])c1nnn(C)c1-c1cnc2c3c(OCC)ncc(S(C)(=O)=O)c3n(C(c3ncccc3F)C3CCC(F)(F)CC3)c2c1.[2H]C([2H])([2H])c1nnn(C)c1-c1cnc2c3c(OCC)ncc(S(C)(=O)=O)c3n(C(c3ncccc3F)C3CCC(F)(F)CC3)c2c1. The van der Waals surface area contributed by atoms with Gasteiger partial charge in [0.25, 0.3) is 0 Å². The summed E-state index contributed by atoms with van der Waals surface area (Å²) < 4.78 is 208. The van der Waals surface area contributed by atoms with E-state index in [0.717, 1.165) is 24.9 Å². The van der Waals surface area contributed by atoms with Gasteiger partial charge in [0.2, 0.25) is 23.6 Å². The second kappa shape index (κ2) is 22.6. The third kappa shape index (κ3) is 10.9. The van der Waals surface area contributed by atoms with Crippen LogP contribution in [-0.2, 0) is 33.8 Å². The lowest BCUT2D eigenvalue weighted by atomic mass is 9.80. The molecule has 2 aliphatic rings. The smallest absolute Gasteiger partial charge is 0.248 e. The maximum Gasteiger partial charge on any atom is 0.248 e. The van der Waals surface area contributed by atoms with Gasteiger partial charge < -0.3 is 18.6 Å². The van der Waals surface area contributed by atoms with Crippen LogP contribution < -0.4 is 9.47 Å². The van der Waals surface area contributed by atoms with E-state index < -0.39 is 106 Å². The molecule has 2 aliphatic carbocycles. The van der Waals surface area contributed by atoms with Gasteiger partial charge in [0.05, 0.1) is 105 Å². The first-order valence-corrected chi connectivity index (χ1v) is 31.1. The largest absolute Gasteiger partial charge is 0.477 e. The van der Waals surface area contributed by atoms with Gasteiger partial charge in [-0.05, 0) is 101 Å². The van der Waals surface area contributed by atoms with Gasteiger partial charge in [0.1, 0.15) is 32.5 Å².